The topological polar surface area (TPSA) is 70.5 Å². The molecule has 2 aromatic heterocycles. The molecule has 3 N–H and O–H groups in total. The van der Waals surface area contributed by atoms with Crippen molar-refractivity contribution < 1.29 is 31.1 Å². The van der Waals surface area contributed by atoms with Gasteiger partial charge >= 0.3 is 12.4 Å². The van der Waals surface area contributed by atoms with Crippen LogP contribution < -0.4 is 16.0 Å². The summed E-state index contributed by atoms with van der Waals surface area (Å²) in [5.41, 5.74) is -0.152. The number of hydrogen-bond acceptors (Lipinski definition) is 4. The maximum absolute atomic E-state index is 13.0. The SMILES string of the molecule is O=C(N[C@H]1CC[C@@H](Nc2cccc3nc(C(F)(F)F)cn23)CC1)c1ccc(NCC(F)(F)F)cc1. The molecule has 0 saturated heterocycles. The molecule has 0 aliphatic heterocycles. The number of amides is 1. The number of pyridine rings is 1. The number of fused-ring (bicyclic) bond motifs is 1. The van der Waals surface area contributed by atoms with Crippen LogP contribution in [0, 0.1) is 0 Å². The molecule has 1 amide bonds. The summed E-state index contributed by atoms with van der Waals surface area (Å²) in [6.45, 7) is -1.16. The van der Waals surface area contributed by atoms with Gasteiger partial charge in [-0.05, 0) is 62.1 Å². The number of anilines is 2. The van der Waals surface area contributed by atoms with Gasteiger partial charge in [0.15, 0.2) is 5.69 Å². The van der Waals surface area contributed by atoms with Gasteiger partial charge in [0.25, 0.3) is 5.91 Å². The summed E-state index contributed by atoms with van der Waals surface area (Å²) in [7, 11) is 0. The van der Waals surface area contributed by atoms with Crippen molar-refractivity contribution in [2.24, 2.45) is 0 Å². The lowest BCUT2D eigenvalue weighted by Crippen LogP contribution is -2.40. The molecular formula is C23H23F6N5O. The van der Waals surface area contributed by atoms with E-state index in [4.69, 9.17) is 0 Å². The summed E-state index contributed by atoms with van der Waals surface area (Å²) in [5, 5.41) is 8.47. The highest BCUT2D eigenvalue weighted by atomic mass is 19.4. The van der Waals surface area contributed by atoms with Gasteiger partial charge in [0.1, 0.15) is 18.0 Å². The number of carbonyl (C=O) groups excluding carboxylic acids is 1. The predicted octanol–water partition coefficient (Wildman–Crippen LogP) is 5.48. The van der Waals surface area contributed by atoms with Crippen molar-refractivity contribution in [3.8, 4) is 0 Å². The maximum atomic E-state index is 13.0. The number of carbonyl (C=O) groups is 1. The minimum atomic E-state index is -4.53. The fourth-order valence-corrected chi connectivity index (χ4v) is 4.07. The number of hydrogen-bond donors (Lipinski definition) is 3. The summed E-state index contributed by atoms with van der Waals surface area (Å²) >= 11 is 0. The Morgan fingerprint density at radius 1 is 0.943 bits per heavy atom. The van der Waals surface area contributed by atoms with Crippen LogP contribution in [0.1, 0.15) is 41.7 Å². The molecule has 12 heteroatoms. The van der Waals surface area contributed by atoms with E-state index in [1.807, 2.05) is 0 Å². The molecule has 2 heterocycles. The van der Waals surface area contributed by atoms with E-state index in [0.717, 1.165) is 6.20 Å². The third-order valence-corrected chi connectivity index (χ3v) is 5.84. The Morgan fingerprint density at radius 3 is 2.23 bits per heavy atom. The monoisotopic (exact) mass is 499 g/mol. The molecule has 1 aliphatic carbocycles. The van der Waals surface area contributed by atoms with Gasteiger partial charge in [-0.2, -0.15) is 26.3 Å². The first-order valence-electron chi connectivity index (χ1n) is 11.0. The molecule has 3 aromatic rings. The zero-order chi connectivity index (χ0) is 25.2. The van der Waals surface area contributed by atoms with Crippen LogP contribution in [0.15, 0.2) is 48.7 Å². The van der Waals surface area contributed by atoms with Crippen LogP contribution in [0.25, 0.3) is 5.65 Å². The first-order valence-corrected chi connectivity index (χ1v) is 11.0. The van der Waals surface area contributed by atoms with E-state index >= 15 is 0 Å². The van der Waals surface area contributed by atoms with E-state index in [9.17, 15) is 31.1 Å². The van der Waals surface area contributed by atoms with Crippen LogP contribution in [-0.4, -0.2) is 40.1 Å². The Bertz CT molecular complexity index is 1160. The van der Waals surface area contributed by atoms with E-state index in [0.29, 0.717) is 37.1 Å². The second-order valence-electron chi connectivity index (χ2n) is 8.48. The van der Waals surface area contributed by atoms with Crippen molar-refractivity contribution in [1.82, 2.24) is 14.7 Å². The summed E-state index contributed by atoms with van der Waals surface area (Å²) < 4.78 is 77.3. The highest BCUT2D eigenvalue weighted by Crippen LogP contribution is 2.30. The number of nitrogens with zero attached hydrogens (tertiary/aromatic N) is 2. The lowest BCUT2D eigenvalue weighted by atomic mass is 9.91. The molecule has 4 rings (SSSR count). The Hall–Kier alpha value is -3.44. The van der Waals surface area contributed by atoms with Crippen LogP contribution in [-0.2, 0) is 6.18 Å². The fourth-order valence-electron chi connectivity index (χ4n) is 4.07. The molecule has 188 valence electrons. The number of benzene rings is 1. The summed E-state index contributed by atoms with van der Waals surface area (Å²) in [6, 6.07) is 10.5. The number of imidazole rings is 1. The van der Waals surface area contributed by atoms with E-state index in [2.05, 4.69) is 20.9 Å². The number of rotatable bonds is 6. The molecule has 1 aromatic carbocycles. The smallest absolute Gasteiger partial charge is 0.376 e. The van der Waals surface area contributed by atoms with Crippen LogP contribution in [0.4, 0.5) is 37.8 Å². The molecule has 0 unspecified atom stereocenters. The lowest BCUT2D eigenvalue weighted by molar-refractivity contribution is -0.140. The quantitative estimate of drug-likeness (QED) is 0.393. The Morgan fingerprint density at radius 2 is 1.60 bits per heavy atom. The van der Waals surface area contributed by atoms with Crippen LogP contribution in [0.2, 0.25) is 0 Å². The van der Waals surface area contributed by atoms with Crippen molar-refractivity contribution in [3.63, 3.8) is 0 Å². The number of halogens is 6. The molecule has 0 spiro atoms. The van der Waals surface area contributed by atoms with Crippen molar-refractivity contribution in [2.45, 2.75) is 50.1 Å². The van der Waals surface area contributed by atoms with Crippen molar-refractivity contribution in [1.29, 1.82) is 0 Å². The van der Waals surface area contributed by atoms with Gasteiger partial charge in [0.05, 0.1) is 0 Å². The molecular weight excluding hydrogens is 476 g/mol. The third kappa shape index (κ3) is 6.37. The minimum Gasteiger partial charge on any atom is -0.376 e. The maximum Gasteiger partial charge on any atom is 0.434 e. The molecule has 0 radical (unpaired) electrons. The van der Waals surface area contributed by atoms with Gasteiger partial charge in [-0.3, -0.25) is 9.20 Å². The molecule has 0 atom stereocenters. The highest BCUT2D eigenvalue weighted by molar-refractivity contribution is 5.94. The van der Waals surface area contributed by atoms with Crippen molar-refractivity contribution >= 4 is 23.1 Å². The number of alkyl halides is 6. The van der Waals surface area contributed by atoms with E-state index in [1.54, 1.807) is 12.1 Å². The van der Waals surface area contributed by atoms with Gasteiger partial charge in [-0.25, -0.2) is 4.98 Å². The van der Waals surface area contributed by atoms with E-state index < -0.39 is 24.6 Å². The second kappa shape index (κ2) is 9.67. The summed E-state index contributed by atoms with van der Waals surface area (Å²) in [4.78, 5) is 16.1. The summed E-state index contributed by atoms with van der Waals surface area (Å²) in [6.07, 6.45) is -5.16. The average molecular weight is 499 g/mol. The first kappa shape index (κ1) is 24.7. The summed E-state index contributed by atoms with van der Waals surface area (Å²) in [5.74, 6) is 0.198. The molecule has 6 nitrogen and oxygen atoms in total. The highest BCUT2D eigenvalue weighted by Gasteiger charge is 2.34. The number of aromatic nitrogens is 2. The van der Waals surface area contributed by atoms with Crippen molar-refractivity contribution in [2.75, 3.05) is 17.2 Å². The average Bonchev–Trinajstić information content (AvgIpc) is 3.25. The standard InChI is InChI=1S/C23H23F6N5O/c24-22(25,26)13-30-15-6-4-14(5-7-15)21(35)32-17-10-8-16(9-11-17)31-19-2-1-3-20-33-18(12-34(19)20)23(27,28)29/h1-7,12,16-17,30-31H,8-11,13H2,(H,32,35)/t16-,17+. The van der Waals surface area contributed by atoms with Gasteiger partial charge in [0.2, 0.25) is 0 Å². The Kier molecular flexibility index (Phi) is 6.82. The van der Waals surface area contributed by atoms with E-state index in [-0.39, 0.29) is 29.3 Å². The largest absolute Gasteiger partial charge is 0.434 e. The van der Waals surface area contributed by atoms with Crippen LogP contribution >= 0.6 is 0 Å². The van der Waals surface area contributed by atoms with Crippen LogP contribution in [0.3, 0.4) is 0 Å². The zero-order valence-electron chi connectivity index (χ0n) is 18.4. The molecule has 35 heavy (non-hydrogen) atoms. The van der Waals surface area contributed by atoms with Gasteiger partial charge in [0, 0.05) is 29.5 Å². The first-order chi connectivity index (χ1) is 16.5. The fraction of sp³-hybridized carbons (Fsp3) is 0.391. The third-order valence-electron chi connectivity index (χ3n) is 5.84. The van der Waals surface area contributed by atoms with Crippen molar-refractivity contribution in [3.05, 3.63) is 59.9 Å². The second-order valence-corrected chi connectivity index (χ2v) is 8.48. The van der Waals surface area contributed by atoms with Gasteiger partial charge in [-0.1, -0.05) is 6.07 Å². The molecule has 1 aliphatic rings. The van der Waals surface area contributed by atoms with Gasteiger partial charge < -0.3 is 16.0 Å². The molecule has 1 saturated carbocycles. The van der Waals surface area contributed by atoms with E-state index in [1.165, 1.54) is 34.7 Å². The molecule has 1 fully saturated rings. The molecule has 0 bridgehead atoms. The number of nitrogens with one attached hydrogen (secondary N) is 3. The Balaban J connectivity index is 1.29. The Labute approximate surface area is 196 Å². The minimum absolute atomic E-state index is 0.0180. The normalized spacial score (nSPS) is 18.9. The lowest BCUT2D eigenvalue weighted by Gasteiger charge is -2.30. The predicted molar refractivity (Wildman–Crippen MR) is 118 cm³/mol. The zero-order valence-corrected chi connectivity index (χ0v) is 18.4. The van der Waals surface area contributed by atoms with Gasteiger partial charge in [-0.15, -0.1) is 0 Å². The van der Waals surface area contributed by atoms with Crippen LogP contribution in [0.5, 0.6) is 0 Å².